The second kappa shape index (κ2) is 7.97. The number of amidine groups is 1. The van der Waals surface area contributed by atoms with Gasteiger partial charge in [0.2, 0.25) is 0 Å². The van der Waals surface area contributed by atoms with Gasteiger partial charge in [-0.2, -0.15) is 11.8 Å². The number of nitrogens with two attached hydrogens (primary N) is 1. The van der Waals surface area contributed by atoms with E-state index in [1.807, 2.05) is 12.1 Å². The molecule has 94 valence electrons. The molecule has 0 amide bonds. The van der Waals surface area contributed by atoms with Crippen molar-refractivity contribution in [2.75, 3.05) is 31.8 Å². The van der Waals surface area contributed by atoms with Crippen molar-refractivity contribution in [3.8, 4) is 5.75 Å². The molecular weight excluding hydrogens is 236 g/mol. The Morgan fingerprint density at radius 1 is 1.24 bits per heavy atom. The Morgan fingerprint density at radius 2 is 1.88 bits per heavy atom. The number of hydrogen-bond acceptors (Lipinski definition) is 4. The number of benzene rings is 1. The SMILES string of the molecule is COCCSCCOc1ccc(C(=N)N)cc1. The monoisotopic (exact) mass is 254 g/mol. The Hall–Kier alpha value is -1.20. The lowest BCUT2D eigenvalue weighted by Crippen LogP contribution is -2.10. The number of nitrogen functional groups attached to an aromatic ring is 1. The van der Waals surface area contributed by atoms with E-state index in [9.17, 15) is 0 Å². The fraction of sp³-hybridized carbons (Fsp3) is 0.417. The van der Waals surface area contributed by atoms with Crippen molar-refractivity contribution in [2.24, 2.45) is 5.73 Å². The van der Waals surface area contributed by atoms with Gasteiger partial charge in [0.05, 0.1) is 13.2 Å². The van der Waals surface area contributed by atoms with Gasteiger partial charge in [0.25, 0.3) is 0 Å². The summed E-state index contributed by atoms with van der Waals surface area (Å²) in [7, 11) is 1.70. The van der Waals surface area contributed by atoms with E-state index < -0.39 is 0 Å². The molecule has 1 aromatic rings. The fourth-order valence-corrected chi connectivity index (χ4v) is 1.88. The molecular formula is C12H18N2O2S. The van der Waals surface area contributed by atoms with Gasteiger partial charge in [-0.3, -0.25) is 5.41 Å². The van der Waals surface area contributed by atoms with E-state index >= 15 is 0 Å². The van der Waals surface area contributed by atoms with E-state index in [0.29, 0.717) is 12.2 Å². The smallest absolute Gasteiger partial charge is 0.122 e. The highest BCUT2D eigenvalue weighted by Gasteiger charge is 1.97. The lowest BCUT2D eigenvalue weighted by Gasteiger charge is -2.06. The average Bonchev–Trinajstić information content (AvgIpc) is 2.34. The van der Waals surface area contributed by atoms with Crippen molar-refractivity contribution in [1.82, 2.24) is 0 Å². The van der Waals surface area contributed by atoms with Gasteiger partial charge < -0.3 is 15.2 Å². The Labute approximate surface area is 106 Å². The molecule has 0 saturated heterocycles. The van der Waals surface area contributed by atoms with Crippen LogP contribution in [-0.4, -0.2) is 37.7 Å². The van der Waals surface area contributed by atoms with E-state index in [1.165, 1.54) is 0 Å². The van der Waals surface area contributed by atoms with Crippen molar-refractivity contribution in [3.63, 3.8) is 0 Å². The molecule has 0 spiro atoms. The van der Waals surface area contributed by atoms with Crippen LogP contribution in [-0.2, 0) is 4.74 Å². The summed E-state index contributed by atoms with van der Waals surface area (Å²) in [6.07, 6.45) is 0. The summed E-state index contributed by atoms with van der Waals surface area (Å²) < 4.78 is 10.5. The molecule has 5 heteroatoms. The fourth-order valence-electron chi connectivity index (χ4n) is 1.19. The van der Waals surface area contributed by atoms with E-state index in [4.69, 9.17) is 20.6 Å². The van der Waals surface area contributed by atoms with Crippen LogP contribution in [0.3, 0.4) is 0 Å². The van der Waals surface area contributed by atoms with Gasteiger partial charge in [0, 0.05) is 24.2 Å². The predicted molar refractivity (Wildman–Crippen MR) is 72.2 cm³/mol. The molecule has 17 heavy (non-hydrogen) atoms. The number of nitrogens with one attached hydrogen (secondary N) is 1. The molecule has 0 bridgehead atoms. The van der Waals surface area contributed by atoms with Crippen LogP contribution in [0.2, 0.25) is 0 Å². The Bertz CT molecular complexity index is 341. The van der Waals surface area contributed by atoms with Gasteiger partial charge in [-0.05, 0) is 24.3 Å². The molecule has 3 N–H and O–H groups in total. The van der Waals surface area contributed by atoms with Crippen molar-refractivity contribution in [3.05, 3.63) is 29.8 Å². The summed E-state index contributed by atoms with van der Waals surface area (Å²) in [6.45, 7) is 1.45. The highest BCUT2D eigenvalue weighted by Crippen LogP contribution is 2.12. The average molecular weight is 254 g/mol. The van der Waals surface area contributed by atoms with E-state index in [0.717, 1.165) is 23.9 Å². The number of methoxy groups -OCH3 is 1. The van der Waals surface area contributed by atoms with Gasteiger partial charge in [0.15, 0.2) is 0 Å². The summed E-state index contributed by atoms with van der Waals surface area (Å²) in [4.78, 5) is 0. The Kier molecular flexibility index (Phi) is 6.50. The molecule has 0 aromatic heterocycles. The highest BCUT2D eigenvalue weighted by molar-refractivity contribution is 7.99. The first kappa shape index (κ1) is 13.9. The lowest BCUT2D eigenvalue weighted by molar-refractivity contribution is 0.218. The molecule has 0 fully saturated rings. The lowest BCUT2D eigenvalue weighted by atomic mass is 10.2. The minimum atomic E-state index is 0.0756. The molecule has 1 aromatic carbocycles. The molecule has 0 aliphatic heterocycles. The van der Waals surface area contributed by atoms with Crippen LogP contribution in [0.25, 0.3) is 0 Å². The minimum Gasteiger partial charge on any atom is -0.493 e. The summed E-state index contributed by atoms with van der Waals surface area (Å²) in [5.74, 6) is 2.81. The number of rotatable bonds is 8. The van der Waals surface area contributed by atoms with Crippen molar-refractivity contribution < 1.29 is 9.47 Å². The van der Waals surface area contributed by atoms with Crippen LogP contribution in [0.5, 0.6) is 5.75 Å². The zero-order chi connectivity index (χ0) is 12.5. The Morgan fingerprint density at radius 3 is 2.47 bits per heavy atom. The quantitative estimate of drug-likeness (QED) is 0.421. The zero-order valence-corrected chi connectivity index (χ0v) is 10.8. The summed E-state index contributed by atoms with van der Waals surface area (Å²) in [5.41, 5.74) is 6.07. The molecule has 0 unspecified atom stereocenters. The molecule has 0 aliphatic carbocycles. The van der Waals surface area contributed by atoms with Gasteiger partial charge >= 0.3 is 0 Å². The molecule has 0 radical (unpaired) electrons. The van der Waals surface area contributed by atoms with Crippen LogP contribution in [0, 0.1) is 5.41 Å². The number of hydrogen-bond donors (Lipinski definition) is 2. The van der Waals surface area contributed by atoms with Gasteiger partial charge in [-0.15, -0.1) is 0 Å². The maximum atomic E-state index is 7.26. The first-order valence-electron chi connectivity index (χ1n) is 5.38. The third-order valence-corrected chi connectivity index (χ3v) is 3.00. The topological polar surface area (TPSA) is 68.3 Å². The summed E-state index contributed by atoms with van der Waals surface area (Å²) in [5, 5.41) is 7.26. The van der Waals surface area contributed by atoms with Crippen molar-refractivity contribution in [2.45, 2.75) is 0 Å². The van der Waals surface area contributed by atoms with Gasteiger partial charge in [-0.1, -0.05) is 0 Å². The predicted octanol–water partition coefficient (Wildman–Crippen LogP) is 1.73. The molecule has 1 rings (SSSR count). The number of ether oxygens (including phenoxy) is 2. The molecule has 0 aliphatic rings. The maximum absolute atomic E-state index is 7.26. The molecule has 4 nitrogen and oxygen atoms in total. The summed E-state index contributed by atoms with van der Waals surface area (Å²) >= 11 is 1.80. The minimum absolute atomic E-state index is 0.0756. The molecule has 0 atom stereocenters. The first-order valence-corrected chi connectivity index (χ1v) is 6.53. The van der Waals surface area contributed by atoms with E-state index in [-0.39, 0.29) is 5.84 Å². The normalized spacial score (nSPS) is 10.2. The van der Waals surface area contributed by atoms with Crippen LogP contribution in [0.4, 0.5) is 0 Å². The Balaban J connectivity index is 2.21. The number of thioether (sulfide) groups is 1. The third-order valence-electron chi connectivity index (χ3n) is 2.09. The third kappa shape index (κ3) is 5.60. The molecule has 0 heterocycles. The maximum Gasteiger partial charge on any atom is 0.122 e. The highest BCUT2D eigenvalue weighted by atomic mass is 32.2. The largest absolute Gasteiger partial charge is 0.493 e. The van der Waals surface area contributed by atoms with Crippen LogP contribution in [0.1, 0.15) is 5.56 Å². The van der Waals surface area contributed by atoms with Gasteiger partial charge in [-0.25, -0.2) is 0 Å². The zero-order valence-electron chi connectivity index (χ0n) is 9.94. The first-order chi connectivity index (χ1) is 8.24. The van der Waals surface area contributed by atoms with Crippen molar-refractivity contribution in [1.29, 1.82) is 5.41 Å². The second-order valence-electron chi connectivity index (χ2n) is 3.39. The van der Waals surface area contributed by atoms with Crippen molar-refractivity contribution >= 4 is 17.6 Å². The van der Waals surface area contributed by atoms with E-state index in [1.54, 1.807) is 31.0 Å². The summed E-state index contributed by atoms with van der Waals surface area (Å²) in [6, 6.07) is 7.23. The standard InChI is InChI=1S/C12H18N2O2S/c1-15-6-8-17-9-7-16-11-4-2-10(3-5-11)12(13)14/h2-5H,6-9H2,1H3,(H3,13,14). The van der Waals surface area contributed by atoms with Crippen LogP contribution in [0.15, 0.2) is 24.3 Å². The van der Waals surface area contributed by atoms with Crippen LogP contribution >= 0.6 is 11.8 Å². The van der Waals surface area contributed by atoms with Crippen LogP contribution < -0.4 is 10.5 Å². The molecule has 0 saturated carbocycles. The van der Waals surface area contributed by atoms with E-state index in [2.05, 4.69) is 0 Å². The second-order valence-corrected chi connectivity index (χ2v) is 4.62. The van der Waals surface area contributed by atoms with Gasteiger partial charge in [0.1, 0.15) is 11.6 Å².